The van der Waals surface area contributed by atoms with Crippen LogP contribution in [0.3, 0.4) is 0 Å². The van der Waals surface area contributed by atoms with E-state index in [9.17, 15) is 4.79 Å². The summed E-state index contributed by atoms with van der Waals surface area (Å²) in [6.07, 6.45) is 1.59. The molecule has 0 spiro atoms. The van der Waals surface area contributed by atoms with Gasteiger partial charge in [0, 0.05) is 28.9 Å². The average Bonchev–Trinajstić information content (AvgIpc) is 3.39. The first-order valence-electron chi connectivity index (χ1n) is 9.21. The van der Waals surface area contributed by atoms with Crippen LogP contribution < -0.4 is 5.56 Å². The van der Waals surface area contributed by atoms with Crippen molar-refractivity contribution < 1.29 is 4.42 Å². The fraction of sp³-hybridized carbons (Fsp3) is 0.0909. The minimum Gasteiger partial charge on any atom is -0.421 e. The molecule has 0 unspecified atom stereocenters. The maximum atomic E-state index is 12.4. The summed E-state index contributed by atoms with van der Waals surface area (Å²) in [6, 6.07) is 17.5. The van der Waals surface area contributed by atoms with Crippen molar-refractivity contribution in [3.05, 3.63) is 87.8 Å². The van der Waals surface area contributed by atoms with E-state index in [1.54, 1.807) is 13.3 Å². The van der Waals surface area contributed by atoms with E-state index in [4.69, 9.17) is 16.0 Å². The third kappa shape index (κ3) is 3.53. The van der Waals surface area contributed by atoms with E-state index in [0.29, 0.717) is 28.0 Å². The molecule has 0 amide bonds. The number of halogens is 1. The van der Waals surface area contributed by atoms with E-state index in [2.05, 4.69) is 15.2 Å². The third-order valence-corrected chi connectivity index (χ3v) is 6.15. The van der Waals surface area contributed by atoms with Gasteiger partial charge in [-0.15, -0.1) is 21.5 Å². The molecule has 0 saturated carbocycles. The van der Waals surface area contributed by atoms with Gasteiger partial charge in [0.2, 0.25) is 11.8 Å². The van der Waals surface area contributed by atoms with Crippen molar-refractivity contribution in [2.75, 3.05) is 0 Å². The van der Waals surface area contributed by atoms with Crippen molar-refractivity contribution in [3.8, 4) is 21.9 Å². The summed E-state index contributed by atoms with van der Waals surface area (Å²) in [5.41, 5.74) is 3.59. The summed E-state index contributed by atoms with van der Waals surface area (Å²) < 4.78 is 8.10. The lowest BCUT2D eigenvalue weighted by Gasteiger charge is -2.07. The van der Waals surface area contributed by atoms with Crippen molar-refractivity contribution in [1.82, 2.24) is 19.7 Å². The predicted octanol–water partition coefficient (Wildman–Crippen LogP) is 5.19. The van der Waals surface area contributed by atoms with Gasteiger partial charge in [0.1, 0.15) is 4.70 Å². The van der Waals surface area contributed by atoms with E-state index in [0.717, 1.165) is 27.1 Å². The molecule has 5 aromatic rings. The minimum absolute atomic E-state index is 0.216. The monoisotopic (exact) mass is 434 g/mol. The third-order valence-electron chi connectivity index (χ3n) is 4.74. The number of benzene rings is 2. The van der Waals surface area contributed by atoms with Crippen molar-refractivity contribution in [3.63, 3.8) is 0 Å². The van der Waals surface area contributed by atoms with Crippen molar-refractivity contribution in [2.45, 2.75) is 13.5 Å². The van der Waals surface area contributed by atoms with Crippen LogP contribution in [-0.4, -0.2) is 19.7 Å². The van der Waals surface area contributed by atoms with E-state index < -0.39 is 0 Å². The van der Waals surface area contributed by atoms with E-state index in [-0.39, 0.29) is 5.56 Å². The normalized spacial score (nSPS) is 11.3. The van der Waals surface area contributed by atoms with Crippen molar-refractivity contribution >= 4 is 33.2 Å². The minimum atomic E-state index is -0.216. The highest BCUT2D eigenvalue weighted by molar-refractivity contribution is 7.22. The number of hydrogen-bond donors (Lipinski definition) is 0. The lowest BCUT2D eigenvalue weighted by Crippen LogP contribution is -2.11. The SMILES string of the molecule is Cc1nnc(-c2ccc(-c3cc4c(s3)c(=O)ncn4Cc3ccc(Cl)cc3)cc2)o1. The summed E-state index contributed by atoms with van der Waals surface area (Å²) in [4.78, 5) is 17.4. The zero-order valence-electron chi connectivity index (χ0n) is 15.9. The number of rotatable bonds is 4. The fourth-order valence-corrected chi connectivity index (χ4v) is 4.43. The zero-order valence-corrected chi connectivity index (χ0v) is 17.4. The van der Waals surface area contributed by atoms with Gasteiger partial charge in [0.15, 0.2) is 0 Å². The Balaban J connectivity index is 1.52. The van der Waals surface area contributed by atoms with Gasteiger partial charge in [-0.05, 0) is 41.5 Å². The zero-order chi connectivity index (χ0) is 20.7. The quantitative estimate of drug-likeness (QED) is 0.389. The number of aromatic nitrogens is 4. The summed E-state index contributed by atoms with van der Waals surface area (Å²) >= 11 is 7.42. The molecule has 6 nitrogen and oxygen atoms in total. The van der Waals surface area contributed by atoms with Gasteiger partial charge in [-0.1, -0.05) is 35.9 Å². The molecule has 0 N–H and O–H groups in total. The average molecular weight is 435 g/mol. The standard InChI is InChI=1S/C22H15ClN4O2S/c1-13-25-26-22(29-13)16-6-4-15(5-7-16)19-10-18-20(30-19)21(28)24-12-27(18)11-14-2-8-17(23)9-3-14/h2-10,12H,11H2,1H3. The Labute approximate surface area is 180 Å². The van der Waals surface area contributed by atoms with Crippen LogP contribution in [0.2, 0.25) is 5.02 Å². The highest BCUT2D eigenvalue weighted by atomic mass is 35.5. The lowest BCUT2D eigenvalue weighted by molar-refractivity contribution is 0.533. The Kier molecular flexibility index (Phi) is 4.69. The fourth-order valence-electron chi connectivity index (χ4n) is 3.24. The second-order valence-electron chi connectivity index (χ2n) is 6.83. The molecular formula is C22H15ClN4O2S. The summed E-state index contributed by atoms with van der Waals surface area (Å²) in [5.74, 6) is 1.02. The Morgan fingerprint density at radius 1 is 1.03 bits per heavy atom. The van der Waals surface area contributed by atoms with Gasteiger partial charge in [-0.25, -0.2) is 0 Å². The van der Waals surface area contributed by atoms with Crippen molar-refractivity contribution in [2.24, 2.45) is 0 Å². The largest absolute Gasteiger partial charge is 0.421 e. The topological polar surface area (TPSA) is 73.8 Å². The van der Waals surface area contributed by atoms with Crippen LogP contribution in [0.1, 0.15) is 11.5 Å². The maximum absolute atomic E-state index is 12.4. The molecule has 3 heterocycles. The van der Waals surface area contributed by atoms with E-state index >= 15 is 0 Å². The molecule has 0 aliphatic heterocycles. The number of nitrogens with zero attached hydrogens (tertiary/aromatic N) is 4. The van der Waals surface area contributed by atoms with Gasteiger partial charge in [-0.2, -0.15) is 4.98 Å². The summed E-state index contributed by atoms with van der Waals surface area (Å²) in [7, 11) is 0. The number of fused-ring (bicyclic) bond motifs is 1. The second kappa shape index (κ2) is 7.51. The lowest BCUT2D eigenvalue weighted by atomic mass is 10.1. The molecule has 0 saturated heterocycles. The molecule has 8 heteroatoms. The van der Waals surface area contributed by atoms with Gasteiger partial charge in [-0.3, -0.25) is 4.79 Å². The predicted molar refractivity (Wildman–Crippen MR) is 118 cm³/mol. The molecule has 0 aliphatic rings. The molecule has 0 fully saturated rings. The Hall–Kier alpha value is -3.29. The number of thiophene rings is 1. The first kappa shape index (κ1) is 18.7. The molecule has 0 bridgehead atoms. The highest BCUT2D eigenvalue weighted by Gasteiger charge is 2.12. The highest BCUT2D eigenvalue weighted by Crippen LogP contribution is 2.33. The molecule has 0 radical (unpaired) electrons. The smallest absolute Gasteiger partial charge is 0.290 e. The molecule has 30 heavy (non-hydrogen) atoms. The Morgan fingerprint density at radius 3 is 2.47 bits per heavy atom. The molecule has 3 aromatic heterocycles. The summed E-state index contributed by atoms with van der Waals surface area (Å²) in [5, 5.41) is 8.60. The van der Waals surface area contributed by atoms with Crippen molar-refractivity contribution in [1.29, 1.82) is 0 Å². The second-order valence-corrected chi connectivity index (χ2v) is 8.32. The molecule has 5 rings (SSSR count). The van der Waals surface area contributed by atoms with Crippen LogP contribution in [0.5, 0.6) is 0 Å². The number of hydrogen-bond acceptors (Lipinski definition) is 6. The van der Waals surface area contributed by atoms with Gasteiger partial charge >= 0.3 is 0 Å². The molecule has 148 valence electrons. The van der Waals surface area contributed by atoms with Crippen LogP contribution >= 0.6 is 22.9 Å². The van der Waals surface area contributed by atoms with Crippen LogP contribution in [0.4, 0.5) is 0 Å². The van der Waals surface area contributed by atoms with Gasteiger partial charge in [0.05, 0.1) is 11.8 Å². The van der Waals surface area contributed by atoms with Crippen LogP contribution in [0, 0.1) is 6.92 Å². The molecular weight excluding hydrogens is 420 g/mol. The summed E-state index contributed by atoms with van der Waals surface area (Å²) in [6.45, 7) is 2.36. The first-order chi connectivity index (χ1) is 14.6. The van der Waals surface area contributed by atoms with Crippen LogP contribution in [-0.2, 0) is 6.54 Å². The molecule has 2 aromatic carbocycles. The van der Waals surface area contributed by atoms with E-state index in [1.807, 2.05) is 59.2 Å². The van der Waals surface area contributed by atoms with Crippen LogP contribution in [0.15, 0.2) is 70.1 Å². The Bertz CT molecular complexity index is 1400. The van der Waals surface area contributed by atoms with Crippen LogP contribution in [0.25, 0.3) is 32.1 Å². The molecule has 0 aliphatic carbocycles. The van der Waals surface area contributed by atoms with E-state index in [1.165, 1.54) is 11.3 Å². The maximum Gasteiger partial charge on any atom is 0.290 e. The Morgan fingerprint density at radius 2 is 1.77 bits per heavy atom. The van der Waals surface area contributed by atoms with Gasteiger partial charge in [0.25, 0.3) is 5.56 Å². The first-order valence-corrected chi connectivity index (χ1v) is 10.4. The number of aryl methyl sites for hydroxylation is 1. The van der Waals surface area contributed by atoms with Gasteiger partial charge < -0.3 is 8.98 Å². The molecule has 0 atom stereocenters.